The van der Waals surface area contributed by atoms with Crippen LogP contribution in [0.1, 0.15) is 67.7 Å². The molecule has 6 nitrogen and oxygen atoms in total. The fourth-order valence-corrected chi connectivity index (χ4v) is 5.59. The third-order valence-corrected chi connectivity index (χ3v) is 7.28. The molecule has 7 unspecified atom stereocenters. The Morgan fingerprint density at radius 1 is 1.21 bits per heavy atom. The lowest BCUT2D eigenvalue weighted by Gasteiger charge is -2.44. The van der Waals surface area contributed by atoms with E-state index in [-0.39, 0.29) is 29.9 Å². The molecule has 1 N–H and O–H groups in total. The number of fused-ring (bicyclic) bond motifs is 2. The lowest BCUT2D eigenvalue weighted by Crippen LogP contribution is -2.50. The quantitative estimate of drug-likeness (QED) is 0.448. The molecule has 1 heterocycles. The number of esters is 2. The SMILES string of the molecule is CC=C(C)C(=O)OC1CC2(C)OC2C(OC(C)=O)C2(C)CCC(C(C)(C)O)C12. The van der Waals surface area contributed by atoms with Gasteiger partial charge in [-0.2, -0.15) is 0 Å². The molecule has 1 saturated heterocycles. The average Bonchev–Trinajstić information content (AvgIpc) is 3.09. The van der Waals surface area contributed by atoms with Gasteiger partial charge in [0.15, 0.2) is 0 Å². The van der Waals surface area contributed by atoms with Crippen molar-refractivity contribution in [3.8, 4) is 0 Å². The summed E-state index contributed by atoms with van der Waals surface area (Å²) in [7, 11) is 0. The summed E-state index contributed by atoms with van der Waals surface area (Å²) in [6.45, 7) is 12.7. The van der Waals surface area contributed by atoms with Crippen LogP contribution in [0.2, 0.25) is 0 Å². The Kier molecular flexibility index (Phi) is 5.20. The van der Waals surface area contributed by atoms with Crippen LogP contribution in [0.5, 0.6) is 0 Å². The van der Waals surface area contributed by atoms with E-state index in [0.29, 0.717) is 12.0 Å². The molecule has 2 saturated carbocycles. The number of hydrogen-bond acceptors (Lipinski definition) is 6. The van der Waals surface area contributed by atoms with Crippen molar-refractivity contribution in [1.29, 1.82) is 0 Å². The summed E-state index contributed by atoms with van der Waals surface area (Å²) >= 11 is 0. The van der Waals surface area contributed by atoms with Crippen LogP contribution in [0, 0.1) is 17.3 Å². The largest absolute Gasteiger partial charge is 0.459 e. The molecule has 1 aliphatic heterocycles. The molecule has 3 aliphatic rings. The maximum absolute atomic E-state index is 12.6. The Hall–Kier alpha value is -1.40. The molecular formula is C22H34O6. The zero-order valence-corrected chi connectivity index (χ0v) is 18.1. The van der Waals surface area contributed by atoms with Gasteiger partial charge in [-0.3, -0.25) is 4.79 Å². The highest BCUT2D eigenvalue weighted by atomic mass is 16.6. The molecule has 0 amide bonds. The number of carbonyl (C=O) groups excluding carboxylic acids is 2. The van der Waals surface area contributed by atoms with Gasteiger partial charge in [0.05, 0.1) is 11.2 Å². The van der Waals surface area contributed by atoms with Gasteiger partial charge in [-0.25, -0.2) is 4.79 Å². The number of rotatable bonds is 4. The summed E-state index contributed by atoms with van der Waals surface area (Å²) in [5, 5.41) is 10.9. The maximum atomic E-state index is 12.6. The zero-order valence-electron chi connectivity index (χ0n) is 18.1. The Labute approximate surface area is 167 Å². The van der Waals surface area contributed by atoms with E-state index in [9.17, 15) is 14.7 Å². The van der Waals surface area contributed by atoms with Crippen LogP contribution in [0.3, 0.4) is 0 Å². The molecule has 0 radical (unpaired) electrons. The Morgan fingerprint density at radius 2 is 1.86 bits per heavy atom. The van der Waals surface area contributed by atoms with Gasteiger partial charge in [0, 0.05) is 30.3 Å². The van der Waals surface area contributed by atoms with E-state index in [1.165, 1.54) is 6.92 Å². The summed E-state index contributed by atoms with van der Waals surface area (Å²) in [4.78, 5) is 24.5. The summed E-state index contributed by atoms with van der Waals surface area (Å²) < 4.78 is 17.8. The van der Waals surface area contributed by atoms with Crippen molar-refractivity contribution < 1.29 is 28.9 Å². The molecule has 6 heteroatoms. The van der Waals surface area contributed by atoms with Crippen molar-refractivity contribution in [2.24, 2.45) is 17.3 Å². The van der Waals surface area contributed by atoms with Gasteiger partial charge in [-0.1, -0.05) is 13.0 Å². The average molecular weight is 395 g/mol. The summed E-state index contributed by atoms with van der Waals surface area (Å²) in [5.74, 6) is -0.878. The fourth-order valence-electron chi connectivity index (χ4n) is 5.59. The van der Waals surface area contributed by atoms with Crippen LogP contribution in [-0.2, 0) is 23.8 Å². The lowest BCUT2D eigenvalue weighted by molar-refractivity contribution is -0.171. The van der Waals surface area contributed by atoms with Crippen molar-refractivity contribution in [3.05, 3.63) is 11.6 Å². The molecule has 0 aromatic heterocycles. The number of aliphatic hydroxyl groups is 1. The summed E-state index contributed by atoms with van der Waals surface area (Å²) in [5.41, 5.74) is -1.31. The Balaban J connectivity index is 2.04. The van der Waals surface area contributed by atoms with Crippen molar-refractivity contribution in [2.75, 3.05) is 0 Å². The van der Waals surface area contributed by atoms with Gasteiger partial charge >= 0.3 is 11.9 Å². The normalized spacial score (nSPS) is 42.9. The standard InChI is InChI=1S/C22H34O6/c1-8-12(2)19(24)27-15-11-22(7)18(28-22)17(26-13(3)23)21(6)10-9-14(16(15)21)20(4,5)25/h8,14-18,25H,9-11H2,1-7H3. The summed E-state index contributed by atoms with van der Waals surface area (Å²) in [6.07, 6.45) is 2.78. The molecular weight excluding hydrogens is 360 g/mol. The number of ether oxygens (including phenoxy) is 3. The molecule has 0 bridgehead atoms. The molecule has 0 aromatic carbocycles. The molecule has 2 aliphatic carbocycles. The summed E-state index contributed by atoms with van der Waals surface area (Å²) in [6, 6.07) is 0. The Morgan fingerprint density at radius 3 is 2.39 bits per heavy atom. The first-order valence-electron chi connectivity index (χ1n) is 10.2. The van der Waals surface area contributed by atoms with Gasteiger partial charge < -0.3 is 19.3 Å². The van der Waals surface area contributed by atoms with Crippen molar-refractivity contribution >= 4 is 11.9 Å². The third kappa shape index (κ3) is 3.50. The van der Waals surface area contributed by atoms with Crippen molar-refractivity contribution in [3.63, 3.8) is 0 Å². The fraction of sp³-hybridized carbons (Fsp3) is 0.818. The van der Waals surface area contributed by atoms with Crippen LogP contribution < -0.4 is 0 Å². The number of allylic oxidation sites excluding steroid dienone is 1. The molecule has 28 heavy (non-hydrogen) atoms. The maximum Gasteiger partial charge on any atom is 0.333 e. The van der Waals surface area contributed by atoms with Crippen molar-refractivity contribution in [2.45, 2.75) is 97.2 Å². The molecule has 3 fully saturated rings. The lowest BCUT2D eigenvalue weighted by atomic mass is 9.67. The van der Waals surface area contributed by atoms with Crippen LogP contribution in [0.4, 0.5) is 0 Å². The zero-order chi connectivity index (χ0) is 21.1. The molecule has 3 rings (SSSR count). The monoisotopic (exact) mass is 394 g/mol. The Bertz CT molecular complexity index is 692. The predicted molar refractivity (Wildman–Crippen MR) is 103 cm³/mol. The second-order valence-electron chi connectivity index (χ2n) is 9.83. The molecule has 7 atom stereocenters. The van der Waals surface area contributed by atoms with Crippen LogP contribution in [0.15, 0.2) is 11.6 Å². The van der Waals surface area contributed by atoms with E-state index in [1.807, 2.05) is 20.8 Å². The van der Waals surface area contributed by atoms with Crippen LogP contribution in [0.25, 0.3) is 0 Å². The first kappa shape index (κ1) is 21.3. The topological polar surface area (TPSA) is 85.4 Å². The first-order chi connectivity index (χ1) is 12.8. The molecule has 0 spiro atoms. The van der Waals surface area contributed by atoms with E-state index >= 15 is 0 Å². The highest BCUT2D eigenvalue weighted by molar-refractivity contribution is 5.87. The van der Waals surface area contributed by atoms with E-state index < -0.39 is 28.8 Å². The molecule has 158 valence electrons. The first-order valence-corrected chi connectivity index (χ1v) is 10.2. The third-order valence-electron chi connectivity index (χ3n) is 7.28. The second-order valence-corrected chi connectivity index (χ2v) is 9.83. The predicted octanol–water partition coefficient (Wildman–Crippen LogP) is 3.16. The minimum absolute atomic E-state index is 0.0691. The van der Waals surface area contributed by atoms with Gasteiger partial charge in [-0.15, -0.1) is 0 Å². The highest BCUT2D eigenvalue weighted by Gasteiger charge is 2.71. The van der Waals surface area contributed by atoms with Gasteiger partial charge in [-0.05, 0) is 53.4 Å². The van der Waals surface area contributed by atoms with E-state index in [2.05, 4.69) is 6.92 Å². The van der Waals surface area contributed by atoms with Crippen LogP contribution >= 0.6 is 0 Å². The smallest absolute Gasteiger partial charge is 0.333 e. The number of carbonyl (C=O) groups is 2. The van der Waals surface area contributed by atoms with E-state index in [4.69, 9.17) is 14.2 Å². The highest BCUT2D eigenvalue weighted by Crippen LogP contribution is 2.63. The van der Waals surface area contributed by atoms with Crippen LogP contribution in [-0.4, -0.2) is 46.6 Å². The van der Waals surface area contributed by atoms with Gasteiger partial charge in [0.2, 0.25) is 0 Å². The second kappa shape index (κ2) is 6.84. The van der Waals surface area contributed by atoms with E-state index in [0.717, 1.165) is 12.8 Å². The van der Waals surface area contributed by atoms with Crippen molar-refractivity contribution in [1.82, 2.24) is 0 Å². The minimum Gasteiger partial charge on any atom is -0.459 e. The molecule has 0 aromatic rings. The van der Waals surface area contributed by atoms with Gasteiger partial charge in [0.1, 0.15) is 18.3 Å². The van der Waals surface area contributed by atoms with E-state index in [1.54, 1.807) is 19.9 Å². The number of epoxide rings is 1. The van der Waals surface area contributed by atoms with Gasteiger partial charge in [0.25, 0.3) is 0 Å². The number of hydrogen-bond donors (Lipinski definition) is 1. The minimum atomic E-state index is -0.931.